The van der Waals surface area contributed by atoms with E-state index in [2.05, 4.69) is 24.7 Å². The van der Waals surface area contributed by atoms with Gasteiger partial charge in [-0.2, -0.15) is 8.68 Å². The summed E-state index contributed by atoms with van der Waals surface area (Å²) in [7, 11) is -4.46. The molecule has 238 valence electrons. The van der Waals surface area contributed by atoms with Crippen LogP contribution < -0.4 is 15.4 Å². The molecular formula is C26H27F5N6O5S2. The van der Waals surface area contributed by atoms with E-state index in [-0.39, 0.29) is 36.9 Å². The molecule has 2 N–H and O–H groups in total. The van der Waals surface area contributed by atoms with Crippen LogP contribution in [0.3, 0.4) is 0 Å². The standard InChI is InChI=1S/C26H27F5N6O5S2/c1-3-25(27,28)18-6-4-17(5-7-18)14-32-22(38)21-15-36(24(39)34-23-33-16(2)35-43-23)12-13-37(21)44(40,41)20-10-8-19(9-11-20)42-26(29,30)31/h4-11,21H,3,12-15H2,1-2H3,(H,32,38)(H,33,34,35,39)/t21-/m1/s1. The zero-order chi connectivity index (χ0) is 32.3. The quantitative estimate of drug-likeness (QED) is 0.323. The molecule has 3 aromatic rings. The van der Waals surface area contributed by atoms with Crippen LogP contribution in [0.25, 0.3) is 0 Å². The van der Waals surface area contributed by atoms with Crippen LogP contribution >= 0.6 is 11.5 Å². The lowest BCUT2D eigenvalue weighted by atomic mass is 10.0. The Kier molecular flexibility index (Phi) is 9.74. The highest BCUT2D eigenvalue weighted by Crippen LogP contribution is 2.31. The van der Waals surface area contributed by atoms with E-state index in [1.807, 2.05) is 0 Å². The average molecular weight is 663 g/mol. The maximum atomic E-state index is 14.0. The summed E-state index contributed by atoms with van der Waals surface area (Å²) in [4.78, 5) is 31.2. The summed E-state index contributed by atoms with van der Waals surface area (Å²) >= 11 is 0.932. The first-order valence-corrected chi connectivity index (χ1v) is 15.3. The normalized spacial score (nSPS) is 16.4. The molecule has 0 unspecified atom stereocenters. The van der Waals surface area contributed by atoms with Gasteiger partial charge in [-0.25, -0.2) is 27.0 Å². The molecule has 1 fully saturated rings. The number of piperazine rings is 1. The lowest BCUT2D eigenvalue weighted by Gasteiger charge is -2.39. The van der Waals surface area contributed by atoms with Crippen LogP contribution in [0.2, 0.25) is 0 Å². The van der Waals surface area contributed by atoms with Crippen molar-refractivity contribution in [3.63, 3.8) is 0 Å². The number of anilines is 1. The number of alkyl halides is 5. The minimum absolute atomic E-state index is 0.130. The molecule has 4 rings (SSSR count). The fourth-order valence-corrected chi connectivity index (χ4v) is 6.43. The fraction of sp³-hybridized carbons (Fsp3) is 0.385. The summed E-state index contributed by atoms with van der Waals surface area (Å²) in [6.45, 7) is 1.99. The molecule has 0 aliphatic carbocycles. The molecule has 11 nitrogen and oxygen atoms in total. The molecule has 0 spiro atoms. The lowest BCUT2D eigenvalue weighted by molar-refractivity contribution is -0.274. The third kappa shape index (κ3) is 7.97. The third-order valence-corrected chi connectivity index (χ3v) is 9.26. The number of amides is 3. The van der Waals surface area contributed by atoms with Gasteiger partial charge >= 0.3 is 12.4 Å². The van der Waals surface area contributed by atoms with E-state index in [4.69, 9.17) is 0 Å². The summed E-state index contributed by atoms with van der Waals surface area (Å²) in [6, 6.07) is 6.65. The second kappa shape index (κ2) is 13.0. The number of nitrogens with zero attached hydrogens (tertiary/aromatic N) is 4. The van der Waals surface area contributed by atoms with E-state index >= 15 is 0 Å². The van der Waals surface area contributed by atoms with Crippen molar-refractivity contribution < 1.29 is 44.7 Å². The molecule has 18 heteroatoms. The maximum Gasteiger partial charge on any atom is 0.573 e. The molecule has 1 aromatic heterocycles. The first-order valence-electron chi connectivity index (χ1n) is 13.1. The number of halogens is 5. The molecule has 2 aromatic carbocycles. The van der Waals surface area contributed by atoms with Gasteiger partial charge < -0.3 is 15.0 Å². The predicted octanol–water partition coefficient (Wildman–Crippen LogP) is 4.47. The average Bonchev–Trinajstić information content (AvgIpc) is 3.39. The Morgan fingerprint density at radius 1 is 1.05 bits per heavy atom. The zero-order valence-electron chi connectivity index (χ0n) is 23.3. The Labute approximate surface area is 253 Å². The Morgan fingerprint density at radius 2 is 1.70 bits per heavy atom. The SMILES string of the molecule is CCC(F)(F)c1ccc(CNC(=O)[C@H]2CN(C(=O)Nc3nc(C)ns3)CCN2S(=O)(=O)c2ccc(OC(F)(F)F)cc2)cc1. The van der Waals surface area contributed by atoms with Gasteiger partial charge in [-0.05, 0) is 36.8 Å². The molecule has 0 bridgehead atoms. The van der Waals surface area contributed by atoms with Crippen LogP contribution in [-0.4, -0.2) is 71.0 Å². The number of rotatable bonds is 9. The van der Waals surface area contributed by atoms with Gasteiger partial charge in [-0.3, -0.25) is 10.1 Å². The molecule has 3 amide bonds. The summed E-state index contributed by atoms with van der Waals surface area (Å²) in [5.41, 5.74) is 0.263. The second-order valence-corrected chi connectivity index (χ2v) is 12.3. The maximum absolute atomic E-state index is 14.0. The third-order valence-electron chi connectivity index (χ3n) is 6.61. The van der Waals surface area contributed by atoms with Crippen molar-refractivity contribution in [2.45, 2.75) is 50.0 Å². The van der Waals surface area contributed by atoms with Crippen molar-refractivity contribution in [2.75, 3.05) is 25.0 Å². The molecule has 2 heterocycles. The number of ether oxygens (including phenoxy) is 1. The van der Waals surface area contributed by atoms with Crippen molar-refractivity contribution in [1.82, 2.24) is 23.9 Å². The van der Waals surface area contributed by atoms with E-state index in [0.29, 0.717) is 11.4 Å². The second-order valence-electron chi connectivity index (χ2n) is 9.65. The van der Waals surface area contributed by atoms with Gasteiger partial charge in [-0.15, -0.1) is 13.2 Å². The molecule has 0 radical (unpaired) electrons. The molecule has 0 saturated carbocycles. The number of aryl methyl sites for hydroxylation is 1. The first kappa shape index (κ1) is 33.0. The highest BCUT2D eigenvalue weighted by molar-refractivity contribution is 7.89. The van der Waals surface area contributed by atoms with E-state index in [9.17, 15) is 40.0 Å². The van der Waals surface area contributed by atoms with Gasteiger partial charge in [0.1, 0.15) is 17.6 Å². The number of hydrogen-bond acceptors (Lipinski definition) is 8. The van der Waals surface area contributed by atoms with Crippen LogP contribution in [0.4, 0.5) is 31.9 Å². The van der Waals surface area contributed by atoms with Gasteiger partial charge in [-0.1, -0.05) is 31.2 Å². The number of sulfonamides is 1. The lowest BCUT2D eigenvalue weighted by Crippen LogP contribution is -2.61. The highest BCUT2D eigenvalue weighted by atomic mass is 32.2. The Hall–Kier alpha value is -3.90. The molecule has 44 heavy (non-hydrogen) atoms. The van der Waals surface area contributed by atoms with Crippen molar-refractivity contribution in [1.29, 1.82) is 0 Å². The van der Waals surface area contributed by atoms with Gasteiger partial charge in [0.25, 0.3) is 5.92 Å². The molecule has 1 atom stereocenters. The largest absolute Gasteiger partial charge is 0.573 e. The summed E-state index contributed by atoms with van der Waals surface area (Å²) in [5, 5.41) is 5.33. The Balaban J connectivity index is 1.54. The van der Waals surface area contributed by atoms with E-state index in [1.54, 1.807) is 6.92 Å². The monoisotopic (exact) mass is 662 g/mol. The number of carbonyl (C=O) groups is 2. The Bertz CT molecular complexity index is 1580. The number of aromatic nitrogens is 2. The molecule has 1 aliphatic rings. The van der Waals surface area contributed by atoms with Crippen LogP contribution in [-0.2, 0) is 27.3 Å². The first-order chi connectivity index (χ1) is 20.6. The number of carbonyl (C=O) groups excluding carboxylic acids is 2. The van der Waals surface area contributed by atoms with Crippen molar-refractivity contribution in [3.8, 4) is 5.75 Å². The zero-order valence-corrected chi connectivity index (χ0v) is 24.9. The predicted molar refractivity (Wildman–Crippen MR) is 149 cm³/mol. The number of urea groups is 1. The summed E-state index contributed by atoms with van der Waals surface area (Å²) < 4.78 is 101. The minimum atomic E-state index is -4.98. The van der Waals surface area contributed by atoms with Gasteiger partial charge in [0, 0.05) is 49.7 Å². The number of benzene rings is 2. The number of hydrogen-bond donors (Lipinski definition) is 2. The smallest absolute Gasteiger partial charge is 0.406 e. The van der Waals surface area contributed by atoms with Crippen LogP contribution in [0.15, 0.2) is 53.4 Å². The van der Waals surface area contributed by atoms with Crippen molar-refractivity contribution in [3.05, 3.63) is 65.5 Å². The van der Waals surface area contributed by atoms with Crippen LogP contribution in [0, 0.1) is 6.92 Å². The van der Waals surface area contributed by atoms with Gasteiger partial charge in [0.15, 0.2) is 0 Å². The van der Waals surface area contributed by atoms with Gasteiger partial charge in [0.2, 0.25) is 21.1 Å². The fourth-order valence-electron chi connectivity index (χ4n) is 4.30. The van der Waals surface area contributed by atoms with E-state index < -0.39 is 57.4 Å². The topological polar surface area (TPSA) is 134 Å². The van der Waals surface area contributed by atoms with E-state index in [1.165, 1.54) is 36.1 Å². The van der Waals surface area contributed by atoms with Crippen LogP contribution in [0.5, 0.6) is 5.75 Å². The van der Waals surface area contributed by atoms with Gasteiger partial charge in [0.05, 0.1) is 4.90 Å². The number of nitrogens with one attached hydrogen (secondary N) is 2. The minimum Gasteiger partial charge on any atom is -0.406 e. The highest BCUT2D eigenvalue weighted by Gasteiger charge is 2.42. The van der Waals surface area contributed by atoms with Crippen LogP contribution in [0.1, 0.15) is 30.3 Å². The Morgan fingerprint density at radius 3 is 2.27 bits per heavy atom. The molecule has 1 aliphatic heterocycles. The summed E-state index contributed by atoms with van der Waals surface area (Å²) in [5.74, 6) is -4.02. The summed E-state index contributed by atoms with van der Waals surface area (Å²) in [6.07, 6.45) is -5.37. The van der Waals surface area contributed by atoms with E-state index in [0.717, 1.165) is 40.1 Å². The molecule has 1 saturated heterocycles. The molecular weight excluding hydrogens is 635 g/mol. The van der Waals surface area contributed by atoms with Crippen molar-refractivity contribution >= 4 is 38.6 Å². The van der Waals surface area contributed by atoms with Crippen molar-refractivity contribution in [2.24, 2.45) is 0 Å².